The van der Waals surface area contributed by atoms with Crippen LogP contribution in [0, 0.1) is 0 Å². The molecule has 0 aliphatic carbocycles. The first-order valence-electron chi connectivity index (χ1n) is 9.93. The maximum absolute atomic E-state index is 11.8. The van der Waals surface area contributed by atoms with Crippen LogP contribution in [0.2, 0.25) is 0 Å². The molecule has 0 atom stereocenters. The summed E-state index contributed by atoms with van der Waals surface area (Å²) in [6, 6.07) is 8.77. The number of benzene rings is 1. The van der Waals surface area contributed by atoms with Crippen LogP contribution in [0.15, 0.2) is 36.8 Å². The number of rotatable bonds is 5. The third-order valence-electron chi connectivity index (χ3n) is 5.79. The molecule has 0 spiro atoms. The molecule has 1 fully saturated rings. The quantitative estimate of drug-likeness (QED) is 0.681. The molecule has 1 amide bonds. The number of aryl methyl sites for hydroxylation is 2. The lowest BCUT2D eigenvalue weighted by atomic mass is 9.89. The van der Waals surface area contributed by atoms with Gasteiger partial charge in [-0.2, -0.15) is 0 Å². The molecule has 4 rings (SSSR count). The van der Waals surface area contributed by atoms with E-state index in [1.807, 2.05) is 36.0 Å². The van der Waals surface area contributed by atoms with E-state index in [0.29, 0.717) is 12.3 Å². The van der Waals surface area contributed by atoms with Gasteiger partial charge in [0.15, 0.2) is 0 Å². The Balaban J connectivity index is 1.58. The Morgan fingerprint density at radius 2 is 2.00 bits per heavy atom. The van der Waals surface area contributed by atoms with Gasteiger partial charge in [0.25, 0.3) is 0 Å². The highest BCUT2D eigenvalue weighted by atomic mass is 16.2. The molecule has 2 aromatic heterocycles. The SMILES string of the molecule is CCC(=O)N1CC(c2ccc(N(C)c3cc4c(cn3)ncn4C)c(CC)c2)C1. The first-order valence-corrected chi connectivity index (χ1v) is 9.93. The molecule has 0 bridgehead atoms. The van der Waals surface area contributed by atoms with Gasteiger partial charge in [-0.1, -0.05) is 26.0 Å². The molecular weight excluding hydrogens is 350 g/mol. The van der Waals surface area contributed by atoms with E-state index in [0.717, 1.165) is 36.4 Å². The molecule has 1 aliphatic heterocycles. The van der Waals surface area contributed by atoms with Crippen molar-refractivity contribution in [3.05, 3.63) is 47.9 Å². The molecule has 3 aromatic rings. The fourth-order valence-electron chi connectivity index (χ4n) is 3.91. The van der Waals surface area contributed by atoms with Crippen LogP contribution >= 0.6 is 0 Å². The van der Waals surface area contributed by atoms with E-state index < -0.39 is 0 Å². The van der Waals surface area contributed by atoms with E-state index in [9.17, 15) is 4.79 Å². The van der Waals surface area contributed by atoms with Crippen molar-refractivity contribution in [3.63, 3.8) is 0 Å². The van der Waals surface area contributed by atoms with Crippen LogP contribution in [0.1, 0.15) is 37.3 Å². The highest BCUT2D eigenvalue weighted by molar-refractivity contribution is 5.79. The molecule has 1 aromatic carbocycles. The number of carbonyl (C=O) groups excluding carboxylic acids is 1. The summed E-state index contributed by atoms with van der Waals surface area (Å²) in [5, 5.41) is 0. The van der Waals surface area contributed by atoms with Gasteiger partial charge in [-0.25, -0.2) is 9.97 Å². The lowest BCUT2D eigenvalue weighted by Crippen LogP contribution is -2.48. The van der Waals surface area contributed by atoms with Crippen molar-refractivity contribution in [3.8, 4) is 0 Å². The van der Waals surface area contributed by atoms with Crippen molar-refractivity contribution in [2.45, 2.75) is 32.6 Å². The minimum atomic E-state index is 0.250. The predicted octanol–water partition coefficient (Wildman–Crippen LogP) is 3.63. The molecule has 6 nitrogen and oxygen atoms in total. The van der Waals surface area contributed by atoms with Gasteiger partial charge >= 0.3 is 0 Å². The standard InChI is InChI=1S/C22H27N5O/c1-5-15-9-16(17-12-27(13-17)22(28)6-2)7-8-19(15)26(4)21-10-20-18(11-23-21)24-14-25(20)3/h7-11,14,17H,5-6,12-13H2,1-4H3. The zero-order valence-corrected chi connectivity index (χ0v) is 17.0. The summed E-state index contributed by atoms with van der Waals surface area (Å²) in [6.45, 7) is 5.78. The average Bonchev–Trinajstić information content (AvgIpc) is 3.06. The Kier molecular flexibility index (Phi) is 4.79. The minimum Gasteiger partial charge on any atom is -0.341 e. The van der Waals surface area contributed by atoms with Crippen LogP contribution in [0.5, 0.6) is 0 Å². The number of pyridine rings is 1. The molecule has 0 unspecified atom stereocenters. The summed E-state index contributed by atoms with van der Waals surface area (Å²) >= 11 is 0. The Morgan fingerprint density at radius 1 is 1.21 bits per heavy atom. The van der Waals surface area contributed by atoms with Crippen molar-refractivity contribution in [2.24, 2.45) is 7.05 Å². The fraction of sp³-hybridized carbons (Fsp3) is 0.409. The minimum absolute atomic E-state index is 0.250. The second-order valence-electron chi connectivity index (χ2n) is 7.54. The van der Waals surface area contributed by atoms with E-state index in [1.165, 1.54) is 16.8 Å². The zero-order valence-electron chi connectivity index (χ0n) is 17.0. The number of hydrogen-bond donors (Lipinski definition) is 0. The third-order valence-corrected chi connectivity index (χ3v) is 5.79. The monoisotopic (exact) mass is 377 g/mol. The van der Waals surface area contributed by atoms with Crippen LogP contribution in [-0.4, -0.2) is 45.5 Å². The summed E-state index contributed by atoms with van der Waals surface area (Å²) < 4.78 is 2.01. The molecule has 3 heterocycles. The summed E-state index contributed by atoms with van der Waals surface area (Å²) in [6.07, 6.45) is 5.18. The highest BCUT2D eigenvalue weighted by Crippen LogP contribution is 2.33. The number of amides is 1. The molecule has 1 aliphatic rings. The second kappa shape index (κ2) is 7.26. The van der Waals surface area contributed by atoms with E-state index >= 15 is 0 Å². The average molecular weight is 377 g/mol. The number of nitrogens with zero attached hydrogens (tertiary/aromatic N) is 5. The zero-order chi connectivity index (χ0) is 19.8. The lowest BCUT2D eigenvalue weighted by molar-refractivity contribution is -0.135. The Labute approximate surface area is 165 Å². The fourth-order valence-corrected chi connectivity index (χ4v) is 3.91. The van der Waals surface area contributed by atoms with Crippen molar-refractivity contribution in [1.82, 2.24) is 19.4 Å². The summed E-state index contributed by atoms with van der Waals surface area (Å²) in [4.78, 5) is 24.8. The first kappa shape index (κ1) is 18.5. The molecule has 28 heavy (non-hydrogen) atoms. The first-order chi connectivity index (χ1) is 13.5. The number of aromatic nitrogens is 3. The van der Waals surface area contributed by atoms with E-state index in [-0.39, 0.29) is 5.91 Å². The number of carbonyl (C=O) groups is 1. The van der Waals surface area contributed by atoms with Crippen molar-refractivity contribution in [1.29, 1.82) is 0 Å². The van der Waals surface area contributed by atoms with Crippen LogP contribution in [0.25, 0.3) is 11.0 Å². The molecule has 6 heteroatoms. The molecule has 0 N–H and O–H groups in total. The number of fused-ring (bicyclic) bond motifs is 1. The van der Waals surface area contributed by atoms with Crippen LogP contribution in [0.4, 0.5) is 11.5 Å². The summed E-state index contributed by atoms with van der Waals surface area (Å²) in [5.41, 5.74) is 5.76. The van der Waals surface area contributed by atoms with Gasteiger partial charge < -0.3 is 14.4 Å². The second-order valence-corrected chi connectivity index (χ2v) is 7.54. The highest BCUT2D eigenvalue weighted by Gasteiger charge is 2.31. The van der Waals surface area contributed by atoms with Gasteiger partial charge in [0.05, 0.1) is 18.0 Å². The smallest absolute Gasteiger partial charge is 0.222 e. The Bertz CT molecular complexity index is 1020. The topological polar surface area (TPSA) is 54.3 Å². The van der Waals surface area contributed by atoms with Gasteiger partial charge in [0.1, 0.15) is 11.3 Å². The van der Waals surface area contributed by atoms with Gasteiger partial charge in [-0.15, -0.1) is 0 Å². The van der Waals surface area contributed by atoms with Crippen LogP contribution in [-0.2, 0) is 18.3 Å². The van der Waals surface area contributed by atoms with E-state index in [1.54, 1.807) is 0 Å². The molecule has 1 saturated heterocycles. The molecule has 0 radical (unpaired) electrons. The number of anilines is 2. The Morgan fingerprint density at radius 3 is 2.71 bits per heavy atom. The van der Waals surface area contributed by atoms with Gasteiger partial charge in [-0.05, 0) is 23.6 Å². The normalized spacial score (nSPS) is 14.4. The maximum atomic E-state index is 11.8. The van der Waals surface area contributed by atoms with E-state index in [2.05, 4.69) is 53.1 Å². The third kappa shape index (κ3) is 3.13. The summed E-state index contributed by atoms with van der Waals surface area (Å²) in [7, 11) is 4.06. The molecular formula is C22H27N5O. The largest absolute Gasteiger partial charge is 0.341 e. The van der Waals surface area contributed by atoms with E-state index in [4.69, 9.17) is 0 Å². The van der Waals surface area contributed by atoms with Crippen molar-refractivity contribution < 1.29 is 4.79 Å². The van der Waals surface area contributed by atoms with Gasteiger partial charge in [-0.3, -0.25) is 4.79 Å². The Hall–Kier alpha value is -2.89. The van der Waals surface area contributed by atoms with Crippen molar-refractivity contribution >= 4 is 28.4 Å². The van der Waals surface area contributed by atoms with Gasteiger partial charge in [0, 0.05) is 51.3 Å². The molecule has 0 saturated carbocycles. The maximum Gasteiger partial charge on any atom is 0.222 e. The summed E-state index contributed by atoms with van der Waals surface area (Å²) in [5.74, 6) is 1.60. The van der Waals surface area contributed by atoms with Crippen LogP contribution < -0.4 is 4.90 Å². The van der Waals surface area contributed by atoms with Gasteiger partial charge in [0.2, 0.25) is 5.91 Å². The van der Waals surface area contributed by atoms with Crippen molar-refractivity contribution in [2.75, 3.05) is 25.0 Å². The van der Waals surface area contributed by atoms with Crippen LogP contribution in [0.3, 0.4) is 0 Å². The number of likely N-dealkylation sites (tertiary alicyclic amines) is 1. The lowest BCUT2D eigenvalue weighted by Gasteiger charge is -2.40. The predicted molar refractivity (Wildman–Crippen MR) is 112 cm³/mol. The number of imidazole rings is 1. The molecule has 146 valence electrons. The number of hydrogen-bond acceptors (Lipinski definition) is 4.